The lowest BCUT2D eigenvalue weighted by Gasteiger charge is -2.14. The van der Waals surface area contributed by atoms with Crippen LogP contribution in [0.2, 0.25) is 5.02 Å². The summed E-state index contributed by atoms with van der Waals surface area (Å²) in [5, 5.41) is 0.670. The summed E-state index contributed by atoms with van der Waals surface area (Å²) in [5.74, 6) is 0.871. The maximum Gasteiger partial charge on any atom is 0.363 e. The molecule has 0 N–H and O–H groups in total. The van der Waals surface area contributed by atoms with Crippen LogP contribution in [0, 0.1) is 10.5 Å². The molecule has 0 radical (unpaired) electrons. The fourth-order valence-corrected chi connectivity index (χ4v) is 4.20. The highest BCUT2D eigenvalue weighted by molar-refractivity contribution is 14.1. The second kappa shape index (κ2) is 10.3. The molecule has 8 heteroatoms. The molecule has 0 spiro atoms. The highest BCUT2D eigenvalue weighted by Crippen LogP contribution is 2.38. The van der Waals surface area contributed by atoms with Gasteiger partial charge in [0.15, 0.2) is 17.2 Å². The van der Waals surface area contributed by atoms with Crippen molar-refractivity contribution in [3.63, 3.8) is 0 Å². The van der Waals surface area contributed by atoms with Crippen LogP contribution in [0.1, 0.15) is 22.3 Å². The number of esters is 1. The highest BCUT2D eigenvalue weighted by Gasteiger charge is 2.25. The number of aryl methyl sites for hydroxylation is 1. The number of nitrogens with zero attached hydrogens (tertiary/aromatic N) is 1. The second-order valence-corrected chi connectivity index (χ2v) is 9.70. The van der Waals surface area contributed by atoms with Crippen molar-refractivity contribution in [2.45, 2.75) is 13.5 Å². The zero-order chi connectivity index (χ0) is 23.5. The number of benzene rings is 3. The molecule has 0 aromatic heterocycles. The van der Waals surface area contributed by atoms with Gasteiger partial charge in [-0.05, 0) is 111 Å². The van der Waals surface area contributed by atoms with E-state index in [9.17, 15) is 4.79 Å². The van der Waals surface area contributed by atoms with Crippen molar-refractivity contribution in [1.82, 2.24) is 0 Å². The van der Waals surface area contributed by atoms with E-state index in [0.717, 1.165) is 20.3 Å². The van der Waals surface area contributed by atoms with E-state index in [2.05, 4.69) is 43.5 Å². The number of carbonyl (C=O) groups excluding carboxylic acids is 1. The molecule has 5 nitrogen and oxygen atoms in total. The van der Waals surface area contributed by atoms with Crippen LogP contribution in [0.25, 0.3) is 6.08 Å². The minimum atomic E-state index is -0.501. The molecule has 0 atom stereocenters. The first-order chi connectivity index (χ1) is 15.8. The van der Waals surface area contributed by atoms with Crippen molar-refractivity contribution in [3.05, 3.63) is 95.6 Å². The Morgan fingerprint density at radius 3 is 2.61 bits per heavy atom. The molecule has 0 saturated heterocycles. The van der Waals surface area contributed by atoms with Crippen LogP contribution < -0.4 is 9.47 Å². The van der Waals surface area contributed by atoms with Gasteiger partial charge in [0.1, 0.15) is 6.61 Å². The Hall–Kier alpha value is -2.36. The van der Waals surface area contributed by atoms with Crippen LogP contribution in [-0.2, 0) is 16.1 Å². The predicted octanol–water partition coefficient (Wildman–Crippen LogP) is 6.95. The van der Waals surface area contributed by atoms with Gasteiger partial charge in [-0.3, -0.25) is 0 Å². The Labute approximate surface area is 218 Å². The molecular formula is C25H18BrClINO4. The van der Waals surface area contributed by atoms with Gasteiger partial charge in [0.05, 0.1) is 11.6 Å². The second-order valence-electron chi connectivity index (χ2n) is 7.25. The Balaban J connectivity index is 1.59. The third-order valence-corrected chi connectivity index (χ3v) is 6.93. The lowest BCUT2D eigenvalue weighted by Crippen LogP contribution is -2.05. The molecule has 0 bridgehead atoms. The van der Waals surface area contributed by atoms with Gasteiger partial charge in [0.25, 0.3) is 0 Å². The van der Waals surface area contributed by atoms with E-state index in [-0.39, 0.29) is 5.70 Å². The van der Waals surface area contributed by atoms with Crippen molar-refractivity contribution < 1.29 is 19.0 Å². The van der Waals surface area contributed by atoms with Gasteiger partial charge in [0, 0.05) is 14.2 Å². The monoisotopic (exact) mass is 637 g/mol. The Kier molecular flexibility index (Phi) is 7.41. The number of halogens is 3. The molecule has 1 aliphatic rings. The Bertz CT molecular complexity index is 1290. The standard InChI is InChI=1S/C25H18BrClINO4/c1-14-9-17(5-8-20(14)28)24-29-21(25(30)33-24)11-16-10-19(26)23(22(12-16)31-2)32-13-15-3-6-18(27)7-4-15/h3-12H,13H2,1-2H3/b21-11-. The minimum absolute atomic E-state index is 0.213. The van der Waals surface area contributed by atoms with Gasteiger partial charge < -0.3 is 14.2 Å². The van der Waals surface area contributed by atoms with Crippen molar-refractivity contribution >= 4 is 68.1 Å². The molecule has 33 heavy (non-hydrogen) atoms. The third-order valence-electron chi connectivity index (χ3n) is 4.88. The summed E-state index contributed by atoms with van der Waals surface area (Å²) in [4.78, 5) is 16.8. The van der Waals surface area contributed by atoms with Crippen molar-refractivity contribution in [3.8, 4) is 11.5 Å². The van der Waals surface area contributed by atoms with Gasteiger partial charge in [-0.15, -0.1) is 0 Å². The van der Waals surface area contributed by atoms with Crippen LogP contribution in [0.4, 0.5) is 0 Å². The minimum Gasteiger partial charge on any atom is -0.493 e. The zero-order valence-corrected chi connectivity index (χ0v) is 22.2. The first-order valence-corrected chi connectivity index (χ1v) is 12.1. The van der Waals surface area contributed by atoms with Crippen LogP contribution in [0.3, 0.4) is 0 Å². The van der Waals surface area contributed by atoms with Gasteiger partial charge >= 0.3 is 5.97 Å². The first kappa shape index (κ1) is 23.8. The number of carbonyl (C=O) groups is 1. The number of cyclic esters (lactones) is 1. The molecule has 0 fully saturated rings. The Morgan fingerprint density at radius 1 is 1.15 bits per heavy atom. The summed E-state index contributed by atoms with van der Waals surface area (Å²) >= 11 is 11.7. The normalized spacial score (nSPS) is 14.3. The predicted molar refractivity (Wildman–Crippen MR) is 141 cm³/mol. The topological polar surface area (TPSA) is 57.1 Å². The summed E-state index contributed by atoms with van der Waals surface area (Å²) in [7, 11) is 1.56. The van der Waals surface area contributed by atoms with Crippen molar-refractivity contribution in [2.24, 2.45) is 4.99 Å². The van der Waals surface area contributed by atoms with E-state index in [4.69, 9.17) is 25.8 Å². The number of hydrogen-bond acceptors (Lipinski definition) is 5. The molecule has 0 saturated carbocycles. The SMILES string of the molecule is COc1cc(/C=C2\N=C(c3ccc(I)c(C)c3)OC2=O)cc(Br)c1OCc1ccc(Cl)cc1. The molecule has 1 heterocycles. The van der Waals surface area contributed by atoms with Crippen LogP contribution in [0.5, 0.6) is 11.5 Å². The average molecular weight is 639 g/mol. The Morgan fingerprint density at radius 2 is 1.91 bits per heavy atom. The zero-order valence-electron chi connectivity index (χ0n) is 17.7. The van der Waals surface area contributed by atoms with E-state index in [1.165, 1.54) is 0 Å². The molecule has 168 valence electrons. The lowest BCUT2D eigenvalue weighted by molar-refractivity contribution is -0.129. The summed E-state index contributed by atoms with van der Waals surface area (Å²) in [6.45, 7) is 2.35. The molecule has 3 aromatic rings. The summed E-state index contributed by atoms with van der Waals surface area (Å²) in [5.41, 5.74) is 3.75. The number of aliphatic imine (C=N–C) groups is 1. The van der Waals surface area contributed by atoms with Crippen LogP contribution in [0.15, 0.2) is 69.8 Å². The molecule has 0 amide bonds. The molecule has 1 aliphatic heterocycles. The molecule has 4 rings (SSSR count). The number of hydrogen-bond donors (Lipinski definition) is 0. The van der Waals surface area contributed by atoms with E-state index in [1.807, 2.05) is 55.5 Å². The van der Waals surface area contributed by atoms with Gasteiger partial charge in [-0.1, -0.05) is 23.7 Å². The van der Waals surface area contributed by atoms with E-state index >= 15 is 0 Å². The molecule has 0 aliphatic carbocycles. The lowest BCUT2D eigenvalue weighted by atomic mass is 10.1. The quantitative estimate of drug-likeness (QED) is 0.167. The summed E-state index contributed by atoms with van der Waals surface area (Å²) < 4.78 is 18.7. The molecular weight excluding hydrogens is 621 g/mol. The summed E-state index contributed by atoms with van der Waals surface area (Å²) in [6.07, 6.45) is 1.66. The summed E-state index contributed by atoms with van der Waals surface area (Å²) in [6, 6.07) is 16.8. The number of methoxy groups -OCH3 is 1. The van der Waals surface area contributed by atoms with E-state index in [1.54, 1.807) is 19.3 Å². The average Bonchev–Trinajstić information content (AvgIpc) is 3.15. The largest absolute Gasteiger partial charge is 0.493 e. The van der Waals surface area contributed by atoms with Gasteiger partial charge in [0.2, 0.25) is 5.90 Å². The van der Waals surface area contributed by atoms with E-state index in [0.29, 0.717) is 39.1 Å². The number of rotatable bonds is 6. The van der Waals surface area contributed by atoms with Crippen LogP contribution >= 0.6 is 50.1 Å². The van der Waals surface area contributed by atoms with Gasteiger partial charge in [-0.2, -0.15) is 0 Å². The van der Waals surface area contributed by atoms with Crippen molar-refractivity contribution in [1.29, 1.82) is 0 Å². The molecule has 3 aromatic carbocycles. The van der Waals surface area contributed by atoms with Gasteiger partial charge in [-0.25, -0.2) is 9.79 Å². The maximum atomic E-state index is 12.4. The smallest absolute Gasteiger partial charge is 0.363 e. The molecule has 0 unspecified atom stereocenters. The van der Waals surface area contributed by atoms with Crippen molar-refractivity contribution in [2.75, 3.05) is 7.11 Å². The van der Waals surface area contributed by atoms with E-state index < -0.39 is 5.97 Å². The van der Waals surface area contributed by atoms with Crippen LogP contribution in [-0.4, -0.2) is 19.0 Å². The first-order valence-electron chi connectivity index (χ1n) is 9.88. The highest BCUT2D eigenvalue weighted by atomic mass is 127. The maximum absolute atomic E-state index is 12.4. The number of ether oxygens (including phenoxy) is 3. The fourth-order valence-electron chi connectivity index (χ4n) is 3.17. The fraction of sp³-hybridized carbons (Fsp3) is 0.120. The third kappa shape index (κ3) is 5.59.